The quantitative estimate of drug-likeness (QED) is 0.824. The van der Waals surface area contributed by atoms with Crippen LogP contribution in [0.1, 0.15) is 31.7 Å². The lowest BCUT2D eigenvalue weighted by molar-refractivity contribution is 0.160. The van der Waals surface area contributed by atoms with Gasteiger partial charge in [-0.1, -0.05) is 6.08 Å². The highest BCUT2D eigenvalue weighted by atomic mass is 19.1. The molecule has 1 unspecified atom stereocenters. The lowest BCUT2D eigenvalue weighted by Gasteiger charge is -2.39. The van der Waals surface area contributed by atoms with Crippen LogP contribution in [0.5, 0.6) is 5.75 Å². The number of benzene rings is 1. The summed E-state index contributed by atoms with van der Waals surface area (Å²) in [5.41, 5.74) is 2.37. The molecule has 104 valence electrons. The van der Waals surface area contributed by atoms with E-state index < -0.39 is 0 Å². The standard InChI is InChI=1S/C16H22FNO/c1-16(18(2)3)7-5-12(6-8-16)13-9-14(17)11-15(10-13)19-4/h5,9-11H,6-8H2,1-4H3. The maximum atomic E-state index is 13.5. The minimum Gasteiger partial charge on any atom is -0.497 e. The second-order valence-corrected chi connectivity index (χ2v) is 5.70. The molecule has 0 fully saturated rings. The van der Waals surface area contributed by atoms with Crippen LogP contribution >= 0.6 is 0 Å². The van der Waals surface area contributed by atoms with Crippen molar-refractivity contribution in [2.24, 2.45) is 0 Å². The van der Waals surface area contributed by atoms with Gasteiger partial charge in [0.05, 0.1) is 7.11 Å². The van der Waals surface area contributed by atoms with Gasteiger partial charge >= 0.3 is 0 Å². The third-order valence-corrected chi connectivity index (χ3v) is 4.28. The molecule has 1 aromatic carbocycles. The molecule has 1 atom stereocenters. The Kier molecular flexibility index (Phi) is 3.95. The van der Waals surface area contributed by atoms with Gasteiger partial charge in [0.2, 0.25) is 0 Å². The van der Waals surface area contributed by atoms with Gasteiger partial charge in [-0.25, -0.2) is 4.39 Å². The molecule has 1 aliphatic rings. The van der Waals surface area contributed by atoms with Gasteiger partial charge in [-0.3, -0.25) is 0 Å². The first-order valence-electron chi connectivity index (χ1n) is 6.66. The fourth-order valence-corrected chi connectivity index (χ4v) is 2.49. The van der Waals surface area contributed by atoms with Crippen LogP contribution in [0.4, 0.5) is 4.39 Å². The van der Waals surface area contributed by atoms with E-state index in [4.69, 9.17) is 4.74 Å². The minimum atomic E-state index is -0.240. The molecule has 0 spiro atoms. The molecule has 0 saturated carbocycles. The smallest absolute Gasteiger partial charge is 0.127 e. The number of hydrogen-bond acceptors (Lipinski definition) is 2. The summed E-state index contributed by atoms with van der Waals surface area (Å²) in [7, 11) is 5.80. The minimum absolute atomic E-state index is 0.209. The van der Waals surface area contributed by atoms with Crippen molar-refractivity contribution >= 4 is 5.57 Å². The Bertz CT molecular complexity index is 496. The molecule has 0 N–H and O–H groups in total. The lowest BCUT2D eigenvalue weighted by atomic mass is 9.81. The Balaban J connectivity index is 2.25. The molecule has 1 aromatic rings. The Morgan fingerprint density at radius 1 is 1.26 bits per heavy atom. The van der Waals surface area contributed by atoms with Crippen molar-refractivity contribution in [1.29, 1.82) is 0 Å². The van der Waals surface area contributed by atoms with Crippen molar-refractivity contribution in [2.45, 2.75) is 31.7 Å². The van der Waals surface area contributed by atoms with Gasteiger partial charge in [0.1, 0.15) is 11.6 Å². The molecule has 0 saturated heterocycles. The zero-order valence-electron chi connectivity index (χ0n) is 12.2. The predicted octanol–water partition coefficient (Wildman–Crippen LogP) is 3.72. The second-order valence-electron chi connectivity index (χ2n) is 5.70. The Hall–Kier alpha value is -1.35. The van der Waals surface area contributed by atoms with E-state index in [1.807, 2.05) is 6.07 Å². The highest BCUT2D eigenvalue weighted by Crippen LogP contribution is 2.36. The highest BCUT2D eigenvalue weighted by molar-refractivity contribution is 5.67. The fraction of sp³-hybridized carbons (Fsp3) is 0.500. The Morgan fingerprint density at radius 2 is 2.00 bits per heavy atom. The SMILES string of the molecule is COc1cc(F)cc(C2=CCC(C)(N(C)C)CC2)c1. The number of nitrogens with zero attached hydrogens (tertiary/aromatic N) is 1. The van der Waals surface area contributed by atoms with Crippen LogP contribution in [0, 0.1) is 5.82 Å². The molecular weight excluding hydrogens is 241 g/mol. The summed E-state index contributed by atoms with van der Waals surface area (Å²) < 4.78 is 18.7. The average molecular weight is 263 g/mol. The van der Waals surface area contributed by atoms with Gasteiger partial charge < -0.3 is 9.64 Å². The van der Waals surface area contributed by atoms with Crippen LogP contribution in [0.15, 0.2) is 24.3 Å². The van der Waals surface area contributed by atoms with E-state index >= 15 is 0 Å². The number of rotatable bonds is 3. The van der Waals surface area contributed by atoms with E-state index in [1.165, 1.54) is 11.6 Å². The molecule has 1 aliphatic carbocycles. The summed E-state index contributed by atoms with van der Waals surface area (Å²) >= 11 is 0. The molecule has 0 heterocycles. The largest absolute Gasteiger partial charge is 0.497 e. The molecule has 0 aromatic heterocycles. The first-order chi connectivity index (χ1) is 8.94. The first kappa shape index (κ1) is 14.1. The molecule has 2 nitrogen and oxygen atoms in total. The van der Waals surface area contributed by atoms with Crippen molar-refractivity contribution in [3.05, 3.63) is 35.7 Å². The van der Waals surface area contributed by atoms with Crippen LogP contribution in [0.25, 0.3) is 5.57 Å². The highest BCUT2D eigenvalue weighted by Gasteiger charge is 2.29. The summed E-state index contributed by atoms with van der Waals surface area (Å²) in [6.45, 7) is 2.27. The zero-order chi connectivity index (χ0) is 14.0. The molecule has 0 aliphatic heterocycles. The summed E-state index contributed by atoms with van der Waals surface area (Å²) in [6, 6.07) is 4.91. The molecule has 0 amide bonds. The fourth-order valence-electron chi connectivity index (χ4n) is 2.49. The van der Waals surface area contributed by atoms with E-state index in [9.17, 15) is 4.39 Å². The maximum absolute atomic E-state index is 13.5. The molecule has 0 bridgehead atoms. The van der Waals surface area contributed by atoms with Crippen LogP contribution < -0.4 is 4.74 Å². The van der Waals surface area contributed by atoms with Gasteiger partial charge in [0.25, 0.3) is 0 Å². The number of methoxy groups -OCH3 is 1. The topological polar surface area (TPSA) is 12.5 Å². The molecule has 2 rings (SSSR count). The van der Waals surface area contributed by atoms with Crippen LogP contribution in [0.3, 0.4) is 0 Å². The zero-order valence-corrected chi connectivity index (χ0v) is 12.2. The third-order valence-electron chi connectivity index (χ3n) is 4.28. The van der Waals surface area contributed by atoms with Crippen molar-refractivity contribution in [1.82, 2.24) is 4.90 Å². The van der Waals surface area contributed by atoms with Crippen molar-refractivity contribution in [2.75, 3.05) is 21.2 Å². The van der Waals surface area contributed by atoms with E-state index in [1.54, 1.807) is 13.2 Å². The van der Waals surface area contributed by atoms with Gasteiger partial charge in [-0.05, 0) is 63.6 Å². The molecule has 19 heavy (non-hydrogen) atoms. The number of hydrogen-bond donors (Lipinski definition) is 0. The summed E-state index contributed by atoms with van der Waals surface area (Å²) in [5, 5.41) is 0. The van der Waals surface area contributed by atoms with E-state index in [0.717, 1.165) is 24.8 Å². The van der Waals surface area contributed by atoms with Gasteiger partial charge in [-0.15, -0.1) is 0 Å². The molecule has 3 heteroatoms. The van der Waals surface area contributed by atoms with Crippen molar-refractivity contribution in [3.63, 3.8) is 0 Å². The predicted molar refractivity (Wildman–Crippen MR) is 76.9 cm³/mol. The lowest BCUT2D eigenvalue weighted by Crippen LogP contribution is -2.42. The Labute approximate surface area is 114 Å². The van der Waals surface area contributed by atoms with Crippen LogP contribution in [-0.2, 0) is 0 Å². The normalized spacial score (nSPS) is 23.4. The van der Waals surface area contributed by atoms with Crippen LogP contribution in [0.2, 0.25) is 0 Å². The summed E-state index contributed by atoms with van der Waals surface area (Å²) in [6.07, 6.45) is 5.29. The second kappa shape index (κ2) is 5.33. The summed E-state index contributed by atoms with van der Waals surface area (Å²) in [4.78, 5) is 2.27. The number of allylic oxidation sites excluding steroid dienone is 1. The summed E-state index contributed by atoms with van der Waals surface area (Å²) in [5.74, 6) is 0.341. The Morgan fingerprint density at radius 3 is 2.53 bits per heavy atom. The first-order valence-corrected chi connectivity index (χ1v) is 6.66. The van der Waals surface area contributed by atoms with Gasteiger partial charge in [-0.2, -0.15) is 0 Å². The van der Waals surface area contributed by atoms with Crippen molar-refractivity contribution in [3.8, 4) is 5.75 Å². The average Bonchev–Trinajstić information content (AvgIpc) is 2.38. The molecule has 0 radical (unpaired) electrons. The number of ether oxygens (including phenoxy) is 1. The van der Waals surface area contributed by atoms with Crippen LogP contribution in [-0.4, -0.2) is 31.6 Å². The molecular formula is C16H22FNO. The van der Waals surface area contributed by atoms with E-state index in [-0.39, 0.29) is 11.4 Å². The van der Waals surface area contributed by atoms with E-state index in [0.29, 0.717) is 5.75 Å². The third kappa shape index (κ3) is 2.98. The van der Waals surface area contributed by atoms with E-state index in [2.05, 4.69) is 32.0 Å². The van der Waals surface area contributed by atoms with Gasteiger partial charge in [0, 0.05) is 11.6 Å². The monoisotopic (exact) mass is 263 g/mol. The maximum Gasteiger partial charge on any atom is 0.127 e. The van der Waals surface area contributed by atoms with Crippen molar-refractivity contribution < 1.29 is 9.13 Å². The van der Waals surface area contributed by atoms with Gasteiger partial charge in [0.15, 0.2) is 0 Å². The number of halogens is 1.